The third-order valence-corrected chi connectivity index (χ3v) is 5.99. The maximum atomic E-state index is 13.2. The lowest BCUT2D eigenvalue weighted by molar-refractivity contribution is -0.140. The first-order chi connectivity index (χ1) is 11.6. The first kappa shape index (κ1) is 17.4. The average molecular weight is 366 g/mol. The Labute approximate surface area is 149 Å². The number of hydrogen-bond acceptors (Lipinski definition) is 4. The van der Waals surface area contributed by atoms with E-state index in [4.69, 9.17) is 0 Å². The molecule has 1 aromatic rings. The molecule has 0 N–H and O–H groups in total. The molecule has 2 fully saturated rings. The molecule has 2 heterocycles. The number of hydrogen-bond donors (Lipinski definition) is 0. The minimum Gasteiger partial charge on any atom is -0.339 e. The Kier molecular flexibility index (Phi) is 5.84. The Morgan fingerprint density at radius 3 is 2.75 bits per heavy atom. The van der Waals surface area contributed by atoms with Gasteiger partial charge in [-0.15, -0.1) is 11.8 Å². The Hall–Kier alpha value is -1.47. The van der Waals surface area contributed by atoms with Gasteiger partial charge in [-0.05, 0) is 23.8 Å². The number of carbonyl (C=O) groups excluding carboxylic acids is 2. The number of amides is 2. The van der Waals surface area contributed by atoms with Crippen molar-refractivity contribution >= 4 is 41.4 Å². The third kappa shape index (κ3) is 4.13. The molecular weight excluding hydrogens is 347 g/mol. The van der Waals surface area contributed by atoms with Gasteiger partial charge in [0.05, 0.1) is 5.88 Å². The van der Waals surface area contributed by atoms with Crippen molar-refractivity contribution in [3.63, 3.8) is 0 Å². The normalized spacial score (nSPS) is 21.5. The van der Waals surface area contributed by atoms with Crippen molar-refractivity contribution in [2.24, 2.45) is 0 Å². The van der Waals surface area contributed by atoms with Crippen LogP contribution in [-0.4, -0.2) is 63.9 Å². The highest BCUT2D eigenvalue weighted by Crippen LogP contribution is 2.24. The molecule has 0 radical (unpaired) electrons. The fraction of sp³-hybridized carbons (Fsp3) is 0.412. The second kappa shape index (κ2) is 8.07. The Morgan fingerprint density at radius 2 is 2.00 bits per heavy atom. The summed E-state index contributed by atoms with van der Waals surface area (Å²) < 4.78 is 13.2. The average Bonchev–Trinajstić information content (AvgIpc) is 3.09. The summed E-state index contributed by atoms with van der Waals surface area (Å²) in [6.07, 6.45) is 3.01. The number of halogens is 1. The smallest absolute Gasteiger partial charge is 0.247 e. The van der Waals surface area contributed by atoms with Crippen LogP contribution < -0.4 is 0 Å². The van der Waals surface area contributed by atoms with Gasteiger partial charge in [-0.25, -0.2) is 4.39 Å². The zero-order valence-corrected chi connectivity index (χ0v) is 14.8. The van der Waals surface area contributed by atoms with Crippen LogP contribution in [0.15, 0.2) is 30.3 Å². The van der Waals surface area contributed by atoms with E-state index in [0.29, 0.717) is 17.2 Å². The van der Waals surface area contributed by atoms with Crippen molar-refractivity contribution in [2.75, 3.05) is 36.2 Å². The summed E-state index contributed by atoms with van der Waals surface area (Å²) >= 11 is 3.44. The quantitative estimate of drug-likeness (QED) is 0.770. The van der Waals surface area contributed by atoms with E-state index in [1.54, 1.807) is 34.9 Å². The Morgan fingerprint density at radius 1 is 1.21 bits per heavy atom. The predicted octanol–water partition coefficient (Wildman–Crippen LogP) is 2.32. The van der Waals surface area contributed by atoms with Gasteiger partial charge in [0, 0.05) is 36.4 Å². The van der Waals surface area contributed by atoms with Crippen molar-refractivity contribution in [2.45, 2.75) is 6.04 Å². The second-order valence-corrected chi connectivity index (χ2v) is 7.87. The van der Waals surface area contributed by atoms with E-state index in [2.05, 4.69) is 0 Å². The topological polar surface area (TPSA) is 40.6 Å². The van der Waals surface area contributed by atoms with Gasteiger partial charge in [0.15, 0.2) is 0 Å². The molecule has 0 aromatic heterocycles. The van der Waals surface area contributed by atoms with Crippen molar-refractivity contribution in [1.29, 1.82) is 0 Å². The molecule has 7 heteroatoms. The van der Waals surface area contributed by atoms with Crippen molar-refractivity contribution < 1.29 is 14.0 Å². The zero-order chi connectivity index (χ0) is 16.9. The predicted molar refractivity (Wildman–Crippen MR) is 97.3 cm³/mol. The van der Waals surface area contributed by atoms with E-state index < -0.39 is 0 Å². The van der Waals surface area contributed by atoms with Crippen LogP contribution in [0.2, 0.25) is 0 Å². The standard InChI is InChI=1S/C17H19FN2O2S2/c18-14-3-1-2-13(10-14)4-5-16(21)20-12-24-11-15(20)17(22)19-6-8-23-9-7-19/h1-5,10,15H,6-9,11-12H2. The van der Waals surface area contributed by atoms with E-state index in [9.17, 15) is 14.0 Å². The van der Waals surface area contributed by atoms with E-state index in [1.807, 2.05) is 16.7 Å². The number of thioether (sulfide) groups is 2. The van der Waals surface area contributed by atoms with E-state index in [1.165, 1.54) is 18.2 Å². The fourth-order valence-corrected chi connectivity index (χ4v) is 4.79. The second-order valence-electron chi connectivity index (χ2n) is 5.65. The molecule has 1 aromatic carbocycles. The van der Waals surface area contributed by atoms with Crippen LogP contribution in [-0.2, 0) is 9.59 Å². The number of benzene rings is 1. The van der Waals surface area contributed by atoms with E-state index >= 15 is 0 Å². The molecule has 0 spiro atoms. The van der Waals surface area contributed by atoms with Gasteiger partial charge in [0.25, 0.3) is 0 Å². The largest absolute Gasteiger partial charge is 0.339 e. The molecule has 2 amide bonds. The minimum atomic E-state index is -0.386. The van der Waals surface area contributed by atoms with Gasteiger partial charge in [0.2, 0.25) is 11.8 Å². The summed E-state index contributed by atoms with van der Waals surface area (Å²) in [5.41, 5.74) is 0.631. The van der Waals surface area contributed by atoms with Crippen molar-refractivity contribution in [3.8, 4) is 0 Å². The van der Waals surface area contributed by atoms with Crippen LogP contribution in [0, 0.1) is 5.82 Å². The molecule has 2 aliphatic rings. The maximum Gasteiger partial charge on any atom is 0.247 e. The van der Waals surface area contributed by atoms with Gasteiger partial charge in [-0.1, -0.05) is 12.1 Å². The Bertz CT molecular complexity index is 647. The SMILES string of the molecule is O=C(C1CSCN1C(=O)C=Cc1cccc(F)c1)N1CCSCC1. The lowest BCUT2D eigenvalue weighted by atomic mass is 10.2. The lowest BCUT2D eigenvalue weighted by Crippen LogP contribution is -2.50. The molecule has 1 atom stereocenters. The minimum absolute atomic E-state index is 0.0489. The van der Waals surface area contributed by atoms with Crippen LogP contribution in [0.5, 0.6) is 0 Å². The molecule has 4 nitrogen and oxygen atoms in total. The first-order valence-corrected chi connectivity index (χ1v) is 10.1. The van der Waals surface area contributed by atoms with Crippen LogP contribution in [0.4, 0.5) is 4.39 Å². The van der Waals surface area contributed by atoms with E-state index in [0.717, 1.165) is 24.6 Å². The molecule has 24 heavy (non-hydrogen) atoms. The Balaban J connectivity index is 1.65. The van der Waals surface area contributed by atoms with Crippen molar-refractivity contribution in [3.05, 3.63) is 41.7 Å². The van der Waals surface area contributed by atoms with Crippen LogP contribution in [0.3, 0.4) is 0 Å². The van der Waals surface area contributed by atoms with Crippen LogP contribution >= 0.6 is 23.5 Å². The van der Waals surface area contributed by atoms with Gasteiger partial charge >= 0.3 is 0 Å². The third-order valence-electron chi connectivity index (χ3n) is 4.04. The number of rotatable bonds is 3. The van der Waals surface area contributed by atoms with Gasteiger partial charge < -0.3 is 9.80 Å². The summed E-state index contributed by atoms with van der Waals surface area (Å²) in [5, 5.41) is 0. The monoisotopic (exact) mass is 366 g/mol. The van der Waals surface area contributed by atoms with Crippen LogP contribution in [0.1, 0.15) is 5.56 Å². The van der Waals surface area contributed by atoms with Gasteiger partial charge in [-0.3, -0.25) is 9.59 Å². The molecule has 1 unspecified atom stereocenters. The molecule has 2 aliphatic heterocycles. The first-order valence-electron chi connectivity index (χ1n) is 7.84. The highest BCUT2D eigenvalue weighted by atomic mass is 32.2. The number of carbonyl (C=O) groups is 2. The maximum absolute atomic E-state index is 13.2. The molecule has 3 rings (SSSR count). The number of nitrogens with zero attached hydrogens (tertiary/aromatic N) is 2. The highest BCUT2D eigenvalue weighted by Gasteiger charge is 2.36. The summed E-state index contributed by atoms with van der Waals surface area (Å²) in [4.78, 5) is 28.6. The molecule has 0 aliphatic carbocycles. The van der Waals surface area contributed by atoms with Crippen molar-refractivity contribution in [1.82, 2.24) is 9.80 Å². The molecular formula is C17H19FN2O2S2. The molecule has 2 saturated heterocycles. The zero-order valence-electron chi connectivity index (χ0n) is 13.2. The highest BCUT2D eigenvalue weighted by molar-refractivity contribution is 7.99. The van der Waals surface area contributed by atoms with Crippen LogP contribution in [0.25, 0.3) is 6.08 Å². The summed E-state index contributed by atoms with van der Waals surface area (Å²) in [6, 6.07) is 5.69. The van der Waals surface area contributed by atoms with Gasteiger partial charge in [-0.2, -0.15) is 11.8 Å². The summed E-state index contributed by atoms with van der Waals surface area (Å²) in [5.74, 6) is 2.59. The molecule has 0 saturated carbocycles. The molecule has 128 valence electrons. The fourth-order valence-electron chi connectivity index (χ4n) is 2.73. The lowest BCUT2D eigenvalue weighted by Gasteiger charge is -2.31. The summed E-state index contributed by atoms with van der Waals surface area (Å²) in [6.45, 7) is 1.51. The van der Waals surface area contributed by atoms with E-state index in [-0.39, 0.29) is 23.7 Å². The summed E-state index contributed by atoms with van der Waals surface area (Å²) in [7, 11) is 0. The van der Waals surface area contributed by atoms with Gasteiger partial charge in [0.1, 0.15) is 11.9 Å². The molecule has 0 bridgehead atoms.